The van der Waals surface area contributed by atoms with Crippen molar-refractivity contribution in [3.05, 3.63) is 51.8 Å². The molecule has 1 unspecified atom stereocenters. The van der Waals surface area contributed by atoms with Crippen molar-refractivity contribution in [2.75, 3.05) is 0 Å². The van der Waals surface area contributed by atoms with E-state index in [4.69, 9.17) is 11.6 Å². The Bertz CT molecular complexity index is 616. The highest BCUT2D eigenvalue weighted by molar-refractivity contribution is 6.32. The number of hydrogen-bond acceptors (Lipinski definition) is 2. The zero-order chi connectivity index (χ0) is 16.8. The van der Waals surface area contributed by atoms with Crippen LogP contribution in [-0.2, 0) is 26.4 Å². The van der Waals surface area contributed by atoms with Crippen LogP contribution in [0.4, 0.5) is 0 Å². The summed E-state index contributed by atoms with van der Waals surface area (Å²) in [7, 11) is 1.96. The zero-order valence-corrected chi connectivity index (χ0v) is 15.5. The Hall–Kier alpha value is -1.32. The van der Waals surface area contributed by atoms with Crippen LogP contribution >= 0.6 is 11.6 Å². The van der Waals surface area contributed by atoms with Gasteiger partial charge in [0, 0.05) is 19.6 Å². The largest absolute Gasteiger partial charge is 0.305 e. The third kappa shape index (κ3) is 4.58. The Balaban J connectivity index is 1.96. The van der Waals surface area contributed by atoms with Gasteiger partial charge in [-0.25, -0.2) is 0 Å². The zero-order valence-electron chi connectivity index (χ0n) is 14.7. The molecule has 1 heterocycles. The van der Waals surface area contributed by atoms with Crippen molar-refractivity contribution in [3.63, 3.8) is 0 Å². The van der Waals surface area contributed by atoms with Gasteiger partial charge in [-0.3, -0.25) is 4.68 Å². The lowest BCUT2D eigenvalue weighted by molar-refractivity contribution is 0.529. The van der Waals surface area contributed by atoms with Crippen molar-refractivity contribution in [2.24, 2.45) is 7.05 Å². The van der Waals surface area contributed by atoms with E-state index in [9.17, 15) is 0 Å². The van der Waals surface area contributed by atoms with Gasteiger partial charge in [0.2, 0.25) is 0 Å². The molecule has 0 spiro atoms. The average Bonchev–Trinajstić information content (AvgIpc) is 2.85. The number of nitrogens with one attached hydrogen (secondary N) is 1. The number of benzene rings is 1. The Morgan fingerprint density at radius 3 is 2.39 bits per heavy atom. The number of hydrogen-bond donors (Lipinski definition) is 1. The van der Waals surface area contributed by atoms with Gasteiger partial charge in [-0.15, -0.1) is 0 Å². The molecule has 23 heavy (non-hydrogen) atoms. The highest BCUT2D eigenvalue weighted by Crippen LogP contribution is 2.26. The topological polar surface area (TPSA) is 29.9 Å². The van der Waals surface area contributed by atoms with Gasteiger partial charge in [0.05, 0.1) is 16.4 Å². The summed E-state index contributed by atoms with van der Waals surface area (Å²) in [5, 5.41) is 8.84. The smallest absolute Gasteiger partial charge is 0.0865 e. The standard InChI is InChI=1S/C19H28ClN3/c1-5-7-8-15-9-11-16(12-10-15)13-21-14(3)19-18(20)17(6-2)22-23(19)4/h9-12,14,21H,5-8,13H2,1-4H3. The van der Waals surface area contributed by atoms with Gasteiger partial charge in [0.15, 0.2) is 0 Å². The summed E-state index contributed by atoms with van der Waals surface area (Å²) in [5.41, 5.74) is 4.75. The predicted octanol–water partition coefficient (Wildman–Crippen LogP) is 4.83. The van der Waals surface area contributed by atoms with Crippen molar-refractivity contribution >= 4 is 11.6 Å². The lowest BCUT2D eigenvalue weighted by Crippen LogP contribution is -2.20. The molecule has 0 aliphatic heterocycles. The van der Waals surface area contributed by atoms with Crippen molar-refractivity contribution in [1.82, 2.24) is 15.1 Å². The summed E-state index contributed by atoms with van der Waals surface area (Å²) in [6.07, 6.45) is 4.53. The van der Waals surface area contributed by atoms with Crippen molar-refractivity contribution in [2.45, 2.75) is 59.0 Å². The lowest BCUT2D eigenvalue weighted by Gasteiger charge is -2.15. The van der Waals surface area contributed by atoms with Gasteiger partial charge in [-0.1, -0.05) is 56.1 Å². The molecule has 2 rings (SSSR count). The molecule has 0 bridgehead atoms. The number of nitrogens with zero attached hydrogens (tertiary/aromatic N) is 2. The molecule has 0 aliphatic carbocycles. The van der Waals surface area contributed by atoms with E-state index in [0.717, 1.165) is 29.4 Å². The molecular weight excluding hydrogens is 306 g/mol. The third-order valence-corrected chi connectivity index (χ3v) is 4.71. The normalized spacial score (nSPS) is 12.6. The molecule has 1 aromatic carbocycles. The molecule has 1 atom stereocenters. The van der Waals surface area contributed by atoms with E-state index in [1.165, 1.54) is 30.4 Å². The first-order valence-electron chi connectivity index (χ1n) is 8.59. The molecule has 4 heteroatoms. The molecule has 3 nitrogen and oxygen atoms in total. The van der Waals surface area contributed by atoms with Crippen LogP contribution in [-0.4, -0.2) is 9.78 Å². The van der Waals surface area contributed by atoms with Crippen molar-refractivity contribution in [1.29, 1.82) is 0 Å². The highest BCUT2D eigenvalue weighted by atomic mass is 35.5. The summed E-state index contributed by atoms with van der Waals surface area (Å²) in [5.74, 6) is 0. The Morgan fingerprint density at radius 1 is 1.17 bits per heavy atom. The first kappa shape index (κ1) is 18.0. The van der Waals surface area contributed by atoms with Crippen LogP contribution in [0.1, 0.15) is 62.2 Å². The fourth-order valence-corrected chi connectivity index (χ4v) is 3.29. The summed E-state index contributed by atoms with van der Waals surface area (Å²) < 4.78 is 1.90. The van der Waals surface area contributed by atoms with Gasteiger partial charge in [0.25, 0.3) is 0 Å². The monoisotopic (exact) mass is 333 g/mol. The Morgan fingerprint density at radius 2 is 1.83 bits per heavy atom. The lowest BCUT2D eigenvalue weighted by atomic mass is 10.1. The van der Waals surface area contributed by atoms with Gasteiger partial charge in [0.1, 0.15) is 0 Å². The van der Waals surface area contributed by atoms with E-state index in [1.54, 1.807) is 0 Å². The molecule has 0 saturated carbocycles. The molecule has 0 fully saturated rings. The molecule has 0 radical (unpaired) electrons. The maximum Gasteiger partial charge on any atom is 0.0865 e. The fraction of sp³-hybridized carbons (Fsp3) is 0.526. The van der Waals surface area contributed by atoms with Crippen LogP contribution < -0.4 is 5.32 Å². The van der Waals surface area contributed by atoms with Crippen molar-refractivity contribution < 1.29 is 0 Å². The first-order chi connectivity index (χ1) is 11.1. The number of rotatable bonds is 8. The van der Waals surface area contributed by atoms with E-state index in [0.29, 0.717) is 0 Å². The maximum atomic E-state index is 6.45. The summed E-state index contributed by atoms with van der Waals surface area (Å²) in [6.45, 7) is 7.28. The Labute approximate surface area is 145 Å². The molecule has 0 aliphatic rings. The fourth-order valence-electron chi connectivity index (χ4n) is 2.84. The van der Waals surface area contributed by atoms with E-state index in [-0.39, 0.29) is 6.04 Å². The summed E-state index contributed by atoms with van der Waals surface area (Å²) >= 11 is 6.45. The Kier molecular flexibility index (Phi) is 6.67. The van der Waals surface area contributed by atoms with Crippen LogP contribution in [0.2, 0.25) is 5.02 Å². The van der Waals surface area contributed by atoms with E-state index < -0.39 is 0 Å². The molecule has 2 aromatic rings. The van der Waals surface area contributed by atoms with E-state index >= 15 is 0 Å². The second kappa shape index (κ2) is 8.51. The third-order valence-electron chi connectivity index (χ3n) is 4.30. The van der Waals surface area contributed by atoms with Crippen LogP contribution in [0, 0.1) is 0 Å². The minimum atomic E-state index is 0.167. The minimum Gasteiger partial charge on any atom is -0.305 e. The van der Waals surface area contributed by atoms with Gasteiger partial charge < -0.3 is 5.32 Å². The number of aromatic nitrogens is 2. The predicted molar refractivity (Wildman–Crippen MR) is 97.9 cm³/mol. The molecule has 1 N–H and O–H groups in total. The molecule has 1 aromatic heterocycles. The van der Waals surface area contributed by atoms with Crippen LogP contribution in [0.25, 0.3) is 0 Å². The average molecular weight is 334 g/mol. The van der Waals surface area contributed by atoms with E-state index in [2.05, 4.69) is 55.5 Å². The van der Waals surface area contributed by atoms with Crippen LogP contribution in [0.3, 0.4) is 0 Å². The SMILES string of the molecule is CCCCc1ccc(CNC(C)c2c(Cl)c(CC)nn2C)cc1. The number of unbranched alkanes of at least 4 members (excludes halogenated alkanes) is 1. The second-order valence-electron chi connectivity index (χ2n) is 6.15. The molecule has 0 amide bonds. The molecular formula is C19H28ClN3. The highest BCUT2D eigenvalue weighted by Gasteiger charge is 2.18. The maximum absolute atomic E-state index is 6.45. The first-order valence-corrected chi connectivity index (χ1v) is 8.97. The van der Waals surface area contributed by atoms with Crippen LogP contribution in [0.15, 0.2) is 24.3 Å². The van der Waals surface area contributed by atoms with Gasteiger partial charge in [-0.2, -0.15) is 5.10 Å². The van der Waals surface area contributed by atoms with E-state index in [1.807, 2.05) is 11.7 Å². The van der Waals surface area contributed by atoms with Gasteiger partial charge >= 0.3 is 0 Å². The van der Waals surface area contributed by atoms with Gasteiger partial charge in [-0.05, 0) is 37.3 Å². The quantitative estimate of drug-likeness (QED) is 0.749. The number of halogens is 1. The second-order valence-corrected chi connectivity index (χ2v) is 6.52. The summed E-state index contributed by atoms with van der Waals surface area (Å²) in [4.78, 5) is 0. The molecule has 126 valence electrons. The summed E-state index contributed by atoms with van der Waals surface area (Å²) in [6, 6.07) is 9.08. The van der Waals surface area contributed by atoms with Crippen LogP contribution in [0.5, 0.6) is 0 Å². The minimum absolute atomic E-state index is 0.167. The number of aryl methyl sites for hydroxylation is 3. The van der Waals surface area contributed by atoms with Crippen molar-refractivity contribution in [3.8, 4) is 0 Å². The molecule has 0 saturated heterocycles.